The summed E-state index contributed by atoms with van der Waals surface area (Å²) in [4.78, 5) is 34.6. The lowest BCUT2D eigenvalue weighted by atomic mass is 9.97. The van der Waals surface area contributed by atoms with Crippen LogP contribution in [0.5, 0.6) is 0 Å². The Hall–Kier alpha value is -1.59. The van der Waals surface area contributed by atoms with Crippen LogP contribution >= 0.6 is 0 Å². The second kappa shape index (κ2) is 8.50. The normalized spacial score (nSPS) is 13.6. The van der Waals surface area contributed by atoms with Crippen LogP contribution in [-0.2, 0) is 23.9 Å². The molecular weight excluding hydrogens is 250 g/mol. The summed E-state index contributed by atoms with van der Waals surface area (Å²) in [6, 6.07) is -0.838. The van der Waals surface area contributed by atoms with Crippen LogP contribution in [0.25, 0.3) is 0 Å². The molecule has 2 atom stereocenters. The zero-order chi connectivity index (χ0) is 15.0. The molecule has 0 saturated heterocycles. The van der Waals surface area contributed by atoms with Gasteiger partial charge in [-0.15, -0.1) is 0 Å². The second-order valence-corrected chi connectivity index (χ2v) is 4.92. The minimum absolute atomic E-state index is 0.0399. The van der Waals surface area contributed by atoms with Crippen molar-refractivity contribution < 1.29 is 23.9 Å². The summed E-state index contributed by atoms with van der Waals surface area (Å²) < 4.78 is 9.20. The number of carbonyl (C=O) groups is 3. The third kappa shape index (κ3) is 6.79. The Balaban J connectivity index is 4.67. The highest BCUT2D eigenvalue weighted by Crippen LogP contribution is 2.12. The molecule has 0 fully saturated rings. The topological polar surface area (TPSA) is 81.7 Å². The predicted octanol–water partition coefficient (Wildman–Crippen LogP) is 0.889. The van der Waals surface area contributed by atoms with E-state index in [1.165, 1.54) is 14.2 Å². The molecule has 0 aliphatic carbocycles. The molecule has 0 aliphatic heterocycles. The van der Waals surface area contributed by atoms with Crippen LogP contribution in [0.15, 0.2) is 0 Å². The summed E-state index contributed by atoms with van der Waals surface area (Å²) in [5.41, 5.74) is 0. The Bertz CT molecular complexity index is 327. The molecule has 0 rings (SSSR count). The molecule has 19 heavy (non-hydrogen) atoms. The van der Waals surface area contributed by atoms with Gasteiger partial charge < -0.3 is 14.8 Å². The first-order chi connectivity index (χ1) is 8.81. The second-order valence-electron chi connectivity index (χ2n) is 4.92. The summed E-state index contributed by atoms with van der Waals surface area (Å²) in [6.07, 6.45) is 0.358. The van der Waals surface area contributed by atoms with Gasteiger partial charge in [-0.1, -0.05) is 20.8 Å². The molecule has 0 spiro atoms. The Morgan fingerprint density at radius 2 is 1.58 bits per heavy atom. The van der Waals surface area contributed by atoms with E-state index < -0.39 is 23.9 Å². The SMILES string of the molecule is COC(=O)C[C@H](C)[C@@H](NC(=O)CC(C)C)C(=O)OC. The Morgan fingerprint density at radius 1 is 1.00 bits per heavy atom. The van der Waals surface area contributed by atoms with Gasteiger partial charge in [-0.2, -0.15) is 0 Å². The Morgan fingerprint density at radius 3 is 2.00 bits per heavy atom. The van der Waals surface area contributed by atoms with Gasteiger partial charge in [-0.25, -0.2) is 4.79 Å². The van der Waals surface area contributed by atoms with Crippen molar-refractivity contribution in [2.24, 2.45) is 11.8 Å². The number of rotatable bonds is 7. The molecule has 1 amide bonds. The van der Waals surface area contributed by atoms with Gasteiger partial charge in [-0.05, 0) is 11.8 Å². The first-order valence-electron chi connectivity index (χ1n) is 6.25. The van der Waals surface area contributed by atoms with Gasteiger partial charge in [-0.3, -0.25) is 9.59 Å². The van der Waals surface area contributed by atoms with E-state index in [1.807, 2.05) is 13.8 Å². The number of nitrogens with one attached hydrogen (secondary N) is 1. The smallest absolute Gasteiger partial charge is 0.328 e. The zero-order valence-corrected chi connectivity index (χ0v) is 12.2. The van der Waals surface area contributed by atoms with Crippen LogP contribution in [0.2, 0.25) is 0 Å². The maximum absolute atomic E-state index is 11.7. The van der Waals surface area contributed by atoms with E-state index >= 15 is 0 Å². The number of hydrogen-bond donors (Lipinski definition) is 1. The van der Waals surface area contributed by atoms with Gasteiger partial charge in [0.2, 0.25) is 5.91 Å². The molecule has 1 N–H and O–H groups in total. The zero-order valence-electron chi connectivity index (χ0n) is 12.2. The molecule has 0 aliphatic rings. The number of ether oxygens (including phenoxy) is 2. The maximum Gasteiger partial charge on any atom is 0.328 e. The van der Waals surface area contributed by atoms with Crippen molar-refractivity contribution in [1.29, 1.82) is 0 Å². The summed E-state index contributed by atoms with van der Waals surface area (Å²) in [5, 5.41) is 2.61. The summed E-state index contributed by atoms with van der Waals surface area (Å²) in [6.45, 7) is 5.50. The van der Waals surface area contributed by atoms with Crippen LogP contribution in [0.3, 0.4) is 0 Å². The largest absolute Gasteiger partial charge is 0.469 e. The number of methoxy groups -OCH3 is 2. The standard InChI is InChI=1S/C13H23NO5/c1-8(2)6-10(15)14-12(13(17)19-5)9(3)7-11(16)18-4/h8-9,12H,6-7H2,1-5H3,(H,14,15)/t9-,12+/m0/s1. The van der Waals surface area contributed by atoms with Gasteiger partial charge in [0.15, 0.2) is 0 Å². The van der Waals surface area contributed by atoms with Crippen molar-refractivity contribution in [2.45, 2.75) is 39.7 Å². The fourth-order valence-electron chi connectivity index (χ4n) is 1.63. The van der Waals surface area contributed by atoms with E-state index in [2.05, 4.69) is 14.8 Å². The van der Waals surface area contributed by atoms with E-state index in [-0.39, 0.29) is 18.2 Å². The summed E-state index contributed by atoms with van der Waals surface area (Å²) in [7, 11) is 2.52. The highest BCUT2D eigenvalue weighted by atomic mass is 16.5. The summed E-state index contributed by atoms with van der Waals surface area (Å²) in [5.74, 6) is -1.43. The molecule has 0 bridgehead atoms. The lowest BCUT2D eigenvalue weighted by molar-refractivity contribution is -0.148. The highest BCUT2D eigenvalue weighted by molar-refractivity contribution is 5.85. The van der Waals surface area contributed by atoms with E-state index in [4.69, 9.17) is 0 Å². The maximum atomic E-state index is 11.7. The Kier molecular flexibility index (Phi) is 7.79. The van der Waals surface area contributed by atoms with E-state index in [0.717, 1.165) is 0 Å². The molecule has 6 nitrogen and oxygen atoms in total. The molecule has 0 aromatic heterocycles. The molecule has 0 saturated carbocycles. The number of amides is 1. The van der Waals surface area contributed by atoms with Crippen LogP contribution < -0.4 is 5.32 Å². The van der Waals surface area contributed by atoms with E-state index in [1.54, 1.807) is 6.92 Å². The predicted molar refractivity (Wildman–Crippen MR) is 69.2 cm³/mol. The summed E-state index contributed by atoms with van der Waals surface area (Å²) >= 11 is 0. The van der Waals surface area contributed by atoms with Gasteiger partial charge in [0, 0.05) is 6.42 Å². The fourth-order valence-corrected chi connectivity index (χ4v) is 1.63. The third-order valence-corrected chi connectivity index (χ3v) is 2.65. The Labute approximate surface area is 113 Å². The molecule has 0 unspecified atom stereocenters. The average Bonchev–Trinajstić information content (AvgIpc) is 2.33. The van der Waals surface area contributed by atoms with Crippen molar-refractivity contribution in [3.05, 3.63) is 0 Å². The van der Waals surface area contributed by atoms with Crippen molar-refractivity contribution in [3.8, 4) is 0 Å². The monoisotopic (exact) mass is 273 g/mol. The van der Waals surface area contributed by atoms with Gasteiger partial charge in [0.05, 0.1) is 20.6 Å². The van der Waals surface area contributed by atoms with E-state index in [9.17, 15) is 14.4 Å². The van der Waals surface area contributed by atoms with Crippen molar-refractivity contribution >= 4 is 17.8 Å². The minimum atomic E-state index is -0.838. The number of carbonyl (C=O) groups excluding carboxylic acids is 3. The van der Waals surface area contributed by atoms with Gasteiger partial charge in [0.1, 0.15) is 6.04 Å². The van der Waals surface area contributed by atoms with Crippen LogP contribution in [0.4, 0.5) is 0 Å². The van der Waals surface area contributed by atoms with Gasteiger partial charge >= 0.3 is 11.9 Å². The molecule has 110 valence electrons. The molecule has 0 heterocycles. The average molecular weight is 273 g/mol. The van der Waals surface area contributed by atoms with Crippen LogP contribution in [0, 0.1) is 11.8 Å². The van der Waals surface area contributed by atoms with Crippen LogP contribution in [0.1, 0.15) is 33.6 Å². The lowest BCUT2D eigenvalue weighted by Crippen LogP contribution is -2.46. The number of esters is 2. The van der Waals surface area contributed by atoms with Crippen molar-refractivity contribution in [3.63, 3.8) is 0 Å². The molecule has 6 heteroatoms. The van der Waals surface area contributed by atoms with Crippen LogP contribution in [-0.4, -0.2) is 38.1 Å². The molecule has 0 aromatic carbocycles. The fraction of sp³-hybridized carbons (Fsp3) is 0.769. The molecular formula is C13H23NO5. The van der Waals surface area contributed by atoms with Gasteiger partial charge in [0.25, 0.3) is 0 Å². The number of hydrogen-bond acceptors (Lipinski definition) is 5. The lowest BCUT2D eigenvalue weighted by Gasteiger charge is -2.22. The highest BCUT2D eigenvalue weighted by Gasteiger charge is 2.29. The van der Waals surface area contributed by atoms with E-state index in [0.29, 0.717) is 6.42 Å². The molecule has 0 radical (unpaired) electrons. The quantitative estimate of drug-likeness (QED) is 0.697. The molecule has 0 aromatic rings. The first-order valence-corrected chi connectivity index (χ1v) is 6.25. The third-order valence-electron chi connectivity index (χ3n) is 2.65. The van der Waals surface area contributed by atoms with Crippen molar-refractivity contribution in [2.75, 3.05) is 14.2 Å². The minimum Gasteiger partial charge on any atom is -0.469 e. The first kappa shape index (κ1) is 17.4. The van der Waals surface area contributed by atoms with Crippen molar-refractivity contribution in [1.82, 2.24) is 5.32 Å².